The van der Waals surface area contributed by atoms with E-state index in [0.29, 0.717) is 6.42 Å². The van der Waals surface area contributed by atoms with Crippen molar-refractivity contribution in [1.82, 2.24) is 4.31 Å². The largest absolute Gasteiger partial charge is 0.327 e. The molecule has 1 saturated heterocycles. The van der Waals surface area contributed by atoms with E-state index < -0.39 is 25.9 Å². The molecule has 7 nitrogen and oxygen atoms in total. The minimum absolute atomic E-state index is 0. The first kappa shape index (κ1) is 23.1. The number of piperidine rings is 1. The Bertz CT molecular complexity index is 860. The molecular formula is C15H25ClFN3O4S2. The molecule has 1 atom stereocenters. The molecule has 1 aromatic carbocycles. The molecule has 0 saturated carbocycles. The number of halogens is 2. The smallest absolute Gasteiger partial charge is 0.243 e. The van der Waals surface area contributed by atoms with Gasteiger partial charge in [-0.15, -0.1) is 12.4 Å². The van der Waals surface area contributed by atoms with E-state index >= 15 is 0 Å². The van der Waals surface area contributed by atoms with Gasteiger partial charge >= 0.3 is 0 Å². The summed E-state index contributed by atoms with van der Waals surface area (Å²) < 4.78 is 66.2. The first-order valence-corrected chi connectivity index (χ1v) is 11.0. The summed E-state index contributed by atoms with van der Waals surface area (Å²) in [7, 11) is -7.53. The van der Waals surface area contributed by atoms with Crippen LogP contribution in [-0.2, 0) is 20.0 Å². The first-order valence-electron chi connectivity index (χ1n) is 7.95. The second-order valence-electron chi connectivity index (χ2n) is 6.87. The van der Waals surface area contributed by atoms with E-state index in [9.17, 15) is 21.2 Å². The van der Waals surface area contributed by atoms with E-state index in [0.717, 1.165) is 12.1 Å². The third-order valence-corrected chi connectivity index (χ3v) is 7.63. The molecule has 11 heteroatoms. The predicted molar refractivity (Wildman–Crippen MR) is 102 cm³/mol. The van der Waals surface area contributed by atoms with Crippen molar-refractivity contribution in [2.24, 2.45) is 11.1 Å². The summed E-state index contributed by atoms with van der Waals surface area (Å²) >= 11 is 0. The second-order valence-corrected chi connectivity index (χ2v) is 10.8. The lowest BCUT2D eigenvalue weighted by Gasteiger charge is -2.41. The van der Waals surface area contributed by atoms with Crippen LogP contribution in [0.4, 0.5) is 10.1 Å². The average molecular weight is 430 g/mol. The Hall–Kier alpha value is -0.940. The highest BCUT2D eigenvalue weighted by molar-refractivity contribution is 7.92. The normalized spacial score (nSPS) is 21.0. The molecule has 0 aliphatic carbocycles. The van der Waals surface area contributed by atoms with Crippen LogP contribution in [0.25, 0.3) is 0 Å². The van der Waals surface area contributed by atoms with Crippen LogP contribution in [0.15, 0.2) is 23.1 Å². The van der Waals surface area contributed by atoms with E-state index in [1.807, 2.05) is 13.8 Å². The van der Waals surface area contributed by atoms with Gasteiger partial charge < -0.3 is 5.73 Å². The van der Waals surface area contributed by atoms with Gasteiger partial charge in [-0.1, -0.05) is 13.8 Å². The molecule has 1 fully saturated rings. The Kier molecular flexibility index (Phi) is 7.08. The summed E-state index contributed by atoms with van der Waals surface area (Å²) in [6, 6.07) is 3.05. The van der Waals surface area contributed by atoms with Crippen molar-refractivity contribution in [1.29, 1.82) is 0 Å². The molecule has 1 heterocycles. The zero-order valence-corrected chi connectivity index (χ0v) is 17.3. The van der Waals surface area contributed by atoms with E-state index in [1.165, 1.54) is 17.3 Å². The standard InChI is InChI=1S/C15H24FN3O4S2.ClH/c1-4-24(20,21)18-13-6-5-11(9-12(13)16)25(22,23)19-8-7-14(17)15(2,3)10-19;/h5-6,9,14,18H,4,7-8,10,17H2,1-3H3;1H. The number of sulfonamides is 2. The lowest BCUT2D eigenvalue weighted by Crippen LogP contribution is -2.53. The van der Waals surface area contributed by atoms with Gasteiger partial charge in [0, 0.05) is 19.1 Å². The molecule has 0 aromatic heterocycles. The average Bonchev–Trinajstić information content (AvgIpc) is 2.51. The number of nitrogens with zero attached hydrogens (tertiary/aromatic N) is 1. The van der Waals surface area contributed by atoms with Gasteiger partial charge in [-0.2, -0.15) is 4.31 Å². The molecule has 150 valence electrons. The third kappa shape index (κ3) is 4.86. The molecule has 1 unspecified atom stereocenters. The summed E-state index contributed by atoms with van der Waals surface area (Å²) in [5.74, 6) is -1.15. The maximum absolute atomic E-state index is 14.2. The van der Waals surface area contributed by atoms with Crippen molar-refractivity contribution in [2.75, 3.05) is 23.6 Å². The van der Waals surface area contributed by atoms with Gasteiger partial charge in [0.25, 0.3) is 0 Å². The van der Waals surface area contributed by atoms with Gasteiger partial charge in [0.05, 0.1) is 16.3 Å². The van der Waals surface area contributed by atoms with Crippen LogP contribution in [0.3, 0.4) is 0 Å². The molecule has 3 N–H and O–H groups in total. The Balaban J connectivity index is 0.00000338. The lowest BCUT2D eigenvalue weighted by atomic mass is 9.81. The first-order chi connectivity index (χ1) is 11.4. The molecule has 1 aliphatic heterocycles. The maximum atomic E-state index is 14.2. The molecule has 0 radical (unpaired) electrons. The van der Waals surface area contributed by atoms with Crippen molar-refractivity contribution in [3.63, 3.8) is 0 Å². The van der Waals surface area contributed by atoms with Crippen molar-refractivity contribution in [3.8, 4) is 0 Å². The van der Waals surface area contributed by atoms with E-state index in [-0.39, 0.29) is 53.3 Å². The maximum Gasteiger partial charge on any atom is 0.243 e. The highest BCUT2D eigenvalue weighted by Gasteiger charge is 2.39. The van der Waals surface area contributed by atoms with E-state index in [2.05, 4.69) is 4.72 Å². The molecule has 1 aromatic rings. The summed E-state index contributed by atoms with van der Waals surface area (Å²) in [5, 5.41) is 0. The van der Waals surface area contributed by atoms with Crippen LogP contribution in [0.1, 0.15) is 27.2 Å². The SMILES string of the molecule is CCS(=O)(=O)Nc1ccc(S(=O)(=O)N2CCC(N)C(C)(C)C2)cc1F.Cl. The topological polar surface area (TPSA) is 110 Å². The highest BCUT2D eigenvalue weighted by Crippen LogP contribution is 2.32. The number of anilines is 1. The summed E-state index contributed by atoms with van der Waals surface area (Å²) in [6.45, 7) is 5.70. The predicted octanol–water partition coefficient (Wildman–Crippen LogP) is 1.76. The molecule has 1 aliphatic rings. The van der Waals surface area contributed by atoms with Crippen LogP contribution >= 0.6 is 12.4 Å². The number of rotatable bonds is 5. The molecule has 0 spiro atoms. The Labute approximate surface area is 160 Å². The summed E-state index contributed by atoms with van der Waals surface area (Å²) in [5.41, 5.74) is 5.36. The fourth-order valence-electron chi connectivity index (χ4n) is 2.66. The number of nitrogens with two attached hydrogens (primary N) is 1. The Morgan fingerprint density at radius 2 is 1.92 bits per heavy atom. The van der Waals surface area contributed by atoms with E-state index in [1.54, 1.807) is 0 Å². The van der Waals surface area contributed by atoms with Crippen LogP contribution in [-0.4, -0.2) is 46.0 Å². The molecule has 26 heavy (non-hydrogen) atoms. The minimum Gasteiger partial charge on any atom is -0.327 e. The van der Waals surface area contributed by atoms with Crippen molar-refractivity contribution in [3.05, 3.63) is 24.0 Å². The van der Waals surface area contributed by atoms with E-state index in [4.69, 9.17) is 5.73 Å². The van der Waals surface area contributed by atoms with Gasteiger partial charge in [0.15, 0.2) is 0 Å². The molecule has 2 rings (SSSR count). The molecule has 0 bridgehead atoms. The lowest BCUT2D eigenvalue weighted by molar-refractivity contribution is 0.155. The monoisotopic (exact) mass is 429 g/mol. The van der Waals surface area contributed by atoms with Crippen LogP contribution < -0.4 is 10.5 Å². The Morgan fingerprint density at radius 3 is 2.42 bits per heavy atom. The van der Waals surface area contributed by atoms with Gasteiger partial charge in [0.1, 0.15) is 5.82 Å². The third-order valence-electron chi connectivity index (χ3n) is 4.50. The van der Waals surface area contributed by atoms with Gasteiger partial charge in [-0.05, 0) is 37.0 Å². The fraction of sp³-hybridized carbons (Fsp3) is 0.600. The van der Waals surface area contributed by atoms with Crippen molar-refractivity contribution < 1.29 is 21.2 Å². The summed E-state index contributed by atoms with van der Waals surface area (Å²) in [6.07, 6.45) is 0.517. The van der Waals surface area contributed by atoms with Gasteiger partial charge in [0.2, 0.25) is 20.0 Å². The number of hydrogen-bond donors (Lipinski definition) is 2. The van der Waals surface area contributed by atoms with Gasteiger partial charge in [-0.3, -0.25) is 4.72 Å². The zero-order valence-electron chi connectivity index (χ0n) is 14.9. The van der Waals surface area contributed by atoms with Crippen LogP contribution in [0.2, 0.25) is 0 Å². The number of nitrogens with one attached hydrogen (secondary N) is 1. The number of benzene rings is 1. The van der Waals surface area contributed by atoms with Crippen molar-refractivity contribution >= 4 is 38.1 Å². The zero-order chi connectivity index (χ0) is 19.0. The quantitative estimate of drug-likeness (QED) is 0.741. The Morgan fingerprint density at radius 1 is 1.31 bits per heavy atom. The summed E-state index contributed by atoms with van der Waals surface area (Å²) in [4.78, 5) is -0.212. The van der Waals surface area contributed by atoms with Crippen LogP contribution in [0.5, 0.6) is 0 Å². The van der Waals surface area contributed by atoms with Gasteiger partial charge in [-0.25, -0.2) is 21.2 Å². The molecular weight excluding hydrogens is 405 g/mol. The second kappa shape index (κ2) is 7.97. The molecule has 0 amide bonds. The highest BCUT2D eigenvalue weighted by atomic mass is 35.5. The minimum atomic E-state index is -3.88. The van der Waals surface area contributed by atoms with Crippen LogP contribution in [0, 0.1) is 11.2 Å². The van der Waals surface area contributed by atoms with Crippen molar-refractivity contribution in [2.45, 2.75) is 38.1 Å². The fourth-order valence-corrected chi connectivity index (χ4v) is 4.94. The number of hydrogen-bond acceptors (Lipinski definition) is 5.